The molecule has 0 spiro atoms. The van der Waals surface area contributed by atoms with Crippen LogP contribution >= 0.6 is 0 Å². The second kappa shape index (κ2) is 9.03. The average molecular weight is 485 g/mol. The minimum Gasteiger partial charge on any atom is -0.469 e. The predicted molar refractivity (Wildman–Crippen MR) is 144 cm³/mol. The Kier molecular flexibility index (Phi) is 6.96. The summed E-state index contributed by atoms with van der Waals surface area (Å²) >= 11 is 0. The quantitative estimate of drug-likeness (QED) is 0.308. The van der Waals surface area contributed by atoms with E-state index >= 15 is 0 Å². The van der Waals surface area contributed by atoms with E-state index in [0.717, 1.165) is 51.4 Å². The van der Waals surface area contributed by atoms with Crippen LogP contribution in [0.2, 0.25) is 0 Å². The maximum absolute atomic E-state index is 13.1. The molecule has 0 aromatic heterocycles. The molecule has 0 aromatic carbocycles. The van der Waals surface area contributed by atoms with E-state index in [1.807, 2.05) is 0 Å². The van der Waals surface area contributed by atoms with Gasteiger partial charge in [0, 0.05) is 0 Å². The van der Waals surface area contributed by atoms with E-state index in [0.29, 0.717) is 17.8 Å². The van der Waals surface area contributed by atoms with E-state index in [4.69, 9.17) is 4.74 Å². The molecule has 3 heteroatoms. The van der Waals surface area contributed by atoms with Gasteiger partial charge in [0.2, 0.25) is 0 Å². The molecule has 2 saturated carbocycles. The van der Waals surface area contributed by atoms with Crippen molar-refractivity contribution in [1.29, 1.82) is 0 Å². The number of carbonyl (C=O) groups is 1. The van der Waals surface area contributed by atoms with Crippen LogP contribution in [0.4, 0.5) is 0 Å². The highest BCUT2D eigenvalue weighted by Gasteiger charge is 2.64. The van der Waals surface area contributed by atoms with Gasteiger partial charge in [0.15, 0.2) is 0 Å². The van der Waals surface area contributed by atoms with Crippen LogP contribution in [-0.4, -0.2) is 24.3 Å². The molecule has 35 heavy (non-hydrogen) atoms. The normalized spacial score (nSPS) is 41.1. The number of fused-ring (bicyclic) bond motifs is 4. The minimum atomic E-state index is -0.190. The molecule has 0 bridgehead atoms. The lowest BCUT2D eigenvalue weighted by Gasteiger charge is -2.62. The molecule has 0 saturated heterocycles. The summed E-state index contributed by atoms with van der Waals surface area (Å²) in [6, 6.07) is 0. The molecule has 1 N–H and O–H groups in total. The topological polar surface area (TPSA) is 46.5 Å². The van der Waals surface area contributed by atoms with E-state index in [2.05, 4.69) is 55.0 Å². The van der Waals surface area contributed by atoms with Gasteiger partial charge >= 0.3 is 5.97 Å². The van der Waals surface area contributed by atoms with Crippen molar-refractivity contribution in [2.24, 2.45) is 45.3 Å². The summed E-state index contributed by atoms with van der Waals surface area (Å²) < 4.78 is 5.40. The Hall–Kier alpha value is -1.09. The molecule has 0 heterocycles. The zero-order valence-corrected chi connectivity index (χ0v) is 23.9. The van der Waals surface area contributed by atoms with Crippen molar-refractivity contribution in [2.75, 3.05) is 7.11 Å². The number of hydrogen-bond donors (Lipinski definition) is 1. The lowest BCUT2D eigenvalue weighted by Crippen LogP contribution is -2.55. The second-order valence-corrected chi connectivity index (χ2v) is 14.2. The number of aliphatic hydroxyl groups excluding tert-OH is 1. The maximum Gasteiger partial charge on any atom is 0.308 e. The van der Waals surface area contributed by atoms with Crippen molar-refractivity contribution in [3.63, 3.8) is 0 Å². The third-order valence-corrected chi connectivity index (χ3v) is 12.4. The highest BCUT2D eigenvalue weighted by atomic mass is 16.5. The van der Waals surface area contributed by atoms with E-state index in [1.54, 1.807) is 18.3 Å². The van der Waals surface area contributed by atoms with Crippen LogP contribution in [0.15, 0.2) is 23.3 Å². The smallest absolute Gasteiger partial charge is 0.308 e. The first-order valence-electron chi connectivity index (χ1n) is 14.4. The van der Waals surface area contributed by atoms with Gasteiger partial charge in [0.05, 0.1) is 19.1 Å². The number of allylic oxidation sites excluding steroid dienone is 3. The first-order chi connectivity index (χ1) is 16.2. The molecule has 3 nitrogen and oxygen atoms in total. The second-order valence-electron chi connectivity index (χ2n) is 14.2. The molecule has 0 unspecified atom stereocenters. The number of esters is 1. The summed E-state index contributed by atoms with van der Waals surface area (Å²) in [6.07, 6.45) is 10.6. The highest BCUT2D eigenvalue weighted by Crippen LogP contribution is 2.72. The van der Waals surface area contributed by atoms with Crippen molar-refractivity contribution < 1.29 is 14.6 Å². The number of carbonyl (C=O) groups excluding carboxylic acids is 1. The Bertz CT molecular complexity index is 896. The third kappa shape index (κ3) is 3.89. The van der Waals surface area contributed by atoms with Gasteiger partial charge in [-0.05, 0) is 104 Å². The molecule has 198 valence electrons. The molecule has 4 aliphatic rings. The van der Waals surface area contributed by atoms with E-state index in [9.17, 15) is 9.90 Å². The number of ether oxygens (including phenoxy) is 1. The average Bonchev–Trinajstić information content (AvgIpc) is 3.08. The van der Waals surface area contributed by atoms with Crippen LogP contribution in [0, 0.1) is 45.3 Å². The third-order valence-electron chi connectivity index (χ3n) is 12.4. The highest BCUT2D eigenvalue weighted by molar-refractivity contribution is 5.73. The van der Waals surface area contributed by atoms with Crippen LogP contribution < -0.4 is 0 Å². The Morgan fingerprint density at radius 2 is 1.71 bits per heavy atom. The molecule has 7 atom stereocenters. The lowest BCUT2D eigenvalue weighted by molar-refractivity contribution is -0.150. The van der Waals surface area contributed by atoms with Crippen molar-refractivity contribution in [2.45, 2.75) is 119 Å². The van der Waals surface area contributed by atoms with Crippen molar-refractivity contribution in [3.8, 4) is 0 Å². The van der Waals surface area contributed by atoms with Crippen LogP contribution in [-0.2, 0) is 9.53 Å². The van der Waals surface area contributed by atoms with Gasteiger partial charge < -0.3 is 9.84 Å². The lowest BCUT2D eigenvalue weighted by atomic mass is 9.43. The van der Waals surface area contributed by atoms with Crippen molar-refractivity contribution in [1.82, 2.24) is 0 Å². The molecular weight excluding hydrogens is 432 g/mol. The van der Waals surface area contributed by atoms with Gasteiger partial charge in [-0.25, -0.2) is 0 Å². The van der Waals surface area contributed by atoms with E-state index < -0.39 is 0 Å². The largest absolute Gasteiger partial charge is 0.469 e. The summed E-state index contributed by atoms with van der Waals surface area (Å²) in [4.78, 5) is 13.1. The minimum absolute atomic E-state index is 0.0181. The molecule has 2 fully saturated rings. The number of methoxy groups -OCH3 is 1. The van der Waals surface area contributed by atoms with Gasteiger partial charge in [0.25, 0.3) is 0 Å². The first-order valence-corrected chi connectivity index (χ1v) is 14.4. The Balaban J connectivity index is 1.68. The first kappa shape index (κ1) is 27.0. The Morgan fingerprint density at radius 1 is 1.03 bits per heavy atom. The number of aliphatic hydroxyl groups is 1. The number of hydrogen-bond acceptors (Lipinski definition) is 3. The number of rotatable bonds is 6. The van der Waals surface area contributed by atoms with E-state index in [1.165, 1.54) is 18.4 Å². The molecule has 0 radical (unpaired) electrons. The van der Waals surface area contributed by atoms with Crippen LogP contribution in [0.25, 0.3) is 0 Å². The van der Waals surface area contributed by atoms with Gasteiger partial charge in [-0.2, -0.15) is 0 Å². The predicted octanol–water partition coefficient (Wildman–Crippen LogP) is 7.88. The summed E-state index contributed by atoms with van der Waals surface area (Å²) in [5.74, 6) is 1.31. The zero-order valence-electron chi connectivity index (χ0n) is 23.9. The van der Waals surface area contributed by atoms with Crippen LogP contribution in [0.1, 0.15) is 113 Å². The molecule has 0 aliphatic heterocycles. The standard InChI is InChI=1S/C32H52O3/c1-20(2)21(3)10-11-22(28(34)35-9)23-14-18-32(8)25-12-13-26-29(4,5)27(33)16-17-30(26,6)24(25)15-19-31(23,32)7/h20,22-23,26-27,33H,3,10-19H2,1-2,4-9H3/t22-,23-,26+,27+,30-,31-,32+/m1/s1. The van der Waals surface area contributed by atoms with E-state index in [-0.39, 0.29) is 39.7 Å². The van der Waals surface area contributed by atoms with Crippen molar-refractivity contribution in [3.05, 3.63) is 23.3 Å². The van der Waals surface area contributed by atoms with Gasteiger partial charge in [-0.3, -0.25) is 4.79 Å². The summed E-state index contributed by atoms with van der Waals surface area (Å²) in [5.41, 5.74) is 5.16. The Morgan fingerprint density at radius 3 is 2.34 bits per heavy atom. The molecule has 4 rings (SSSR count). The van der Waals surface area contributed by atoms with Gasteiger partial charge in [-0.15, -0.1) is 0 Å². The molecule has 4 aliphatic carbocycles. The maximum atomic E-state index is 13.1. The van der Waals surface area contributed by atoms with Crippen molar-refractivity contribution >= 4 is 5.97 Å². The van der Waals surface area contributed by atoms with Gasteiger partial charge in [0.1, 0.15) is 0 Å². The molecule has 0 amide bonds. The molecule has 0 aromatic rings. The monoisotopic (exact) mass is 484 g/mol. The van der Waals surface area contributed by atoms with Gasteiger partial charge in [-0.1, -0.05) is 71.8 Å². The summed E-state index contributed by atoms with van der Waals surface area (Å²) in [5, 5.41) is 10.9. The fourth-order valence-corrected chi connectivity index (χ4v) is 9.63. The summed E-state index contributed by atoms with van der Waals surface area (Å²) in [6.45, 7) is 20.8. The Labute approximate surface area is 215 Å². The zero-order chi connectivity index (χ0) is 26.0. The summed E-state index contributed by atoms with van der Waals surface area (Å²) in [7, 11) is 1.56. The fourth-order valence-electron chi connectivity index (χ4n) is 9.63. The SMILES string of the molecule is C=C(CC[C@@H](C(=O)OC)[C@H]1CC[C@@]2(C)C3=C(CC[C@]12C)[C@@]1(C)CC[C@H](O)C(C)(C)[C@@H]1CC3)C(C)C. The van der Waals surface area contributed by atoms with Crippen LogP contribution in [0.3, 0.4) is 0 Å². The molecular formula is C32H52O3. The van der Waals surface area contributed by atoms with Crippen LogP contribution in [0.5, 0.6) is 0 Å². The fraction of sp³-hybridized carbons (Fsp3) is 0.844.